The fourth-order valence-corrected chi connectivity index (χ4v) is 5.30. The highest BCUT2D eigenvalue weighted by atomic mass is 32.1. The second-order valence-corrected chi connectivity index (χ2v) is 9.97. The van der Waals surface area contributed by atoms with Gasteiger partial charge in [0, 0.05) is 35.3 Å². The predicted molar refractivity (Wildman–Crippen MR) is 141 cm³/mol. The lowest BCUT2D eigenvalue weighted by Crippen LogP contribution is -2.38. The number of nitrogens with one attached hydrogen (secondary N) is 2. The van der Waals surface area contributed by atoms with Crippen LogP contribution in [0.15, 0.2) is 60.6 Å². The van der Waals surface area contributed by atoms with Gasteiger partial charge >= 0.3 is 0 Å². The predicted octanol–water partition coefficient (Wildman–Crippen LogP) is 4.16. The molecule has 2 amide bonds. The number of fused-ring (bicyclic) bond motifs is 1. The van der Waals surface area contributed by atoms with Crippen molar-refractivity contribution in [2.45, 2.75) is 32.4 Å². The zero-order valence-corrected chi connectivity index (χ0v) is 21.4. The molecule has 0 aliphatic carbocycles. The topological polar surface area (TPSA) is 113 Å². The number of rotatable bonds is 8. The summed E-state index contributed by atoms with van der Waals surface area (Å²) >= 11 is 1.21. The number of halogens is 1. The number of thiazole rings is 1. The number of H-pyrrole nitrogens is 1. The van der Waals surface area contributed by atoms with Crippen LogP contribution in [0.2, 0.25) is 0 Å². The minimum atomic E-state index is -0.462. The van der Waals surface area contributed by atoms with Crippen LogP contribution in [0.5, 0.6) is 0 Å². The zero-order valence-electron chi connectivity index (χ0n) is 20.6. The number of carbonyl (C=O) groups is 3. The number of anilines is 1. The second kappa shape index (κ2) is 10.5. The van der Waals surface area contributed by atoms with Gasteiger partial charge in [-0.05, 0) is 35.9 Å². The van der Waals surface area contributed by atoms with Crippen molar-refractivity contribution in [3.63, 3.8) is 0 Å². The van der Waals surface area contributed by atoms with Gasteiger partial charge < -0.3 is 9.88 Å². The van der Waals surface area contributed by atoms with Crippen molar-refractivity contribution in [1.29, 1.82) is 0 Å². The van der Waals surface area contributed by atoms with E-state index in [0.29, 0.717) is 35.2 Å². The van der Waals surface area contributed by atoms with Crippen LogP contribution in [0.3, 0.4) is 0 Å². The Balaban J connectivity index is 1.47. The monoisotopic (exact) mass is 532 g/mol. The van der Waals surface area contributed by atoms with Crippen LogP contribution in [0.4, 0.5) is 9.52 Å². The summed E-state index contributed by atoms with van der Waals surface area (Å²) in [7, 11) is 0. The molecule has 0 bridgehead atoms. The molecule has 4 aromatic rings. The fourth-order valence-electron chi connectivity index (χ4n) is 4.60. The van der Waals surface area contributed by atoms with Gasteiger partial charge in [0.15, 0.2) is 16.6 Å². The van der Waals surface area contributed by atoms with E-state index in [9.17, 15) is 18.8 Å². The van der Waals surface area contributed by atoms with Gasteiger partial charge in [0.1, 0.15) is 11.5 Å². The third-order valence-corrected chi connectivity index (χ3v) is 7.14. The Morgan fingerprint density at radius 2 is 2.05 bits per heavy atom. The van der Waals surface area contributed by atoms with E-state index < -0.39 is 5.91 Å². The molecule has 11 heteroatoms. The Morgan fingerprint density at radius 1 is 1.26 bits per heavy atom. The van der Waals surface area contributed by atoms with E-state index in [2.05, 4.69) is 27.0 Å². The van der Waals surface area contributed by atoms with Gasteiger partial charge in [-0.1, -0.05) is 25.6 Å². The summed E-state index contributed by atoms with van der Waals surface area (Å²) in [6.45, 7) is 6.46. The Hall–Kier alpha value is -4.38. The summed E-state index contributed by atoms with van der Waals surface area (Å²) in [6.07, 6.45) is 3.03. The number of carbonyl (C=O) groups excluding carboxylic acids is 3. The molecule has 194 valence electrons. The van der Waals surface area contributed by atoms with Crippen molar-refractivity contribution in [2.75, 3.05) is 11.9 Å². The number of aromatic amines is 1. The molecule has 3 aromatic heterocycles. The molecule has 1 atom stereocenters. The SMILES string of the molecule is C=CC(=O)Cc1csc(NC(=O)c2nn(Cc3ccc(F)cc3)c3c2CN(C(=O)c2ccc[nH]2)CC3C)n1. The lowest BCUT2D eigenvalue weighted by Gasteiger charge is -2.32. The molecule has 0 saturated carbocycles. The molecule has 1 aliphatic rings. The summed E-state index contributed by atoms with van der Waals surface area (Å²) in [5, 5.41) is 9.49. The van der Waals surface area contributed by atoms with Gasteiger partial charge in [0.2, 0.25) is 0 Å². The lowest BCUT2D eigenvalue weighted by atomic mass is 9.95. The number of benzene rings is 1. The molecular weight excluding hydrogens is 507 g/mol. The molecule has 0 fully saturated rings. The Morgan fingerprint density at radius 3 is 2.76 bits per heavy atom. The molecule has 1 unspecified atom stereocenters. The quantitative estimate of drug-likeness (QED) is 0.331. The van der Waals surface area contributed by atoms with Crippen LogP contribution in [0.25, 0.3) is 0 Å². The standard InChI is InChI=1S/C27H25FN6O3S/c1-3-20(35)11-19-15-38-27(30-19)31-25(36)23-21-14-33(26(37)22-5-4-10-29-22)12-16(2)24(21)34(32-23)13-17-6-8-18(28)9-7-17/h3-10,15-16,29H,1,11-14H2,2H3,(H,30,31,36). The largest absolute Gasteiger partial charge is 0.357 e. The number of ketones is 1. The minimum absolute atomic E-state index is 0.102. The normalized spacial score (nSPS) is 14.7. The maximum Gasteiger partial charge on any atom is 0.278 e. The third-order valence-electron chi connectivity index (χ3n) is 6.34. The van der Waals surface area contributed by atoms with E-state index in [1.54, 1.807) is 45.4 Å². The molecule has 9 nitrogen and oxygen atoms in total. The van der Waals surface area contributed by atoms with Gasteiger partial charge in [-0.25, -0.2) is 9.37 Å². The maximum absolute atomic E-state index is 13.5. The number of nitrogens with zero attached hydrogens (tertiary/aromatic N) is 4. The Bertz CT molecular complexity index is 1510. The molecule has 0 saturated heterocycles. The highest BCUT2D eigenvalue weighted by Gasteiger charge is 2.34. The molecule has 1 aliphatic heterocycles. The van der Waals surface area contributed by atoms with E-state index in [1.165, 1.54) is 29.5 Å². The molecule has 2 N–H and O–H groups in total. The third kappa shape index (κ3) is 5.18. The van der Waals surface area contributed by atoms with Crippen molar-refractivity contribution >= 4 is 34.1 Å². The maximum atomic E-state index is 13.5. The first-order chi connectivity index (χ1) is 18.3. The highest BCUT2D eigenvalue weighted by molar-refractivity contribution is 7.14. The Labute approximate surface area is 222 Å². The average Bonchev–Trinajstić information content (AvgIpc) is 3.66. The molecule has 5 rings (SSSR count). The molecule has 4 heterocycles. The van der Waals surface area contributed by atoms with Crippen LogP contribution in [-0.4, -0.2) is 48.8 Å². The van der Waals surface area contributed by atoms with Crippen molar-refractivity contribution in [3.8, 4) is 0 Å². The van der Waals surface area contributed by atoms with Crippen LogP contribution in [0.1, 0.15) is 56.3 Å². The molecule has 38 heavy (non-hydrogen) atoms. The first kappa shape index (κ1) is 25.3. The van der Waals surface area contributed by atoms with Crippen molar-refractivity contribution in [2.24, 2.45) is 0 Å². The second-order valence-electron chi connectivity index (χ2n) is 9.11. The molecule has 0 radical (unpaired) electrons. The molecular formula is C27H25FN6O3S. The molecule has 0 spiro atoms. The van der Waals surface area contributed by atoms with Crippen LogP contribution in [-0.2, 0) is 24.3 Å². The van der Waals surface area contributed by atoms with Gasteiger partial charge in [-0.3, -0.25) is 24.4 Å². The summed E-state index contributed by atoms with van der Waals surface area (Å²) in [4.78, 5) is 47.2. The van der Waals surface area contributed by atoms with E-state index >= 15 is 0 Å². The summed E-state index contributed by atoms with van der Waals surface area (Å²) in [6, 6.07) is 9.60. The van der Waals surface area contributed by atoms with Gasteiger partial charge in [-0.15, -0.1) is 11.3 Å². The summed E-state index contributed by atoms with van der Waals surface area (Å²) in [5.41, 5.74) is 3.53. The van der Waals surface area contributed by atoms with Gasteiger partial charge in [0.05, 0.1) is 25.2 Å². The van der Waals surface area contributed by atoms with E-state index in [4.69, 9.17) is 0 Å². The fraction of sp³-hybridized carbons (Fsp3) is 0.222. The number of hydrogen-bond donors (Lipinski definition) is 2. The highest BCUT2D eigenvalue weighted by Crippen LogP contribution is 2.32. The number of amides is 2. The average molecular weight is 533 g/mol. The van der Waals surface area contributed by atoms with Gasteiger partial charge in [0.25, 0.3) is 11.8 Å². The van der Waals surface area contributed by atoms with Crippen molar-refractivity contribution < 1.29 is 18.8 Å². The smallest absolute Gasteiger partial charge is 0.278 e. The van der Waals surface area contributed by atoms with Crippen LogP contribution >= 0.6 is 11.3 Å². The van der Waals surface area contributed by atoms with E-state index in [-0.39, 0.29) is 42.1 Å². The number of hydrogen-bond acceptors (Lipinski definition) is 6. The number of aromatic nitrogens is 4. The van der Waals surface area contributed by atoms with Crippen LogP contribution < -0.4 is 5.32 Å². The van der Waals surface area contributed by atoms with Crippen molar-refractivity contribution in [3.05, 3.63) is 100 Å². The summed E-state index contributed by atoms with van der Waals surface area (Å²) in [5.74, 6) is -1.23. The molecule has 1 aromatic carbocycles. The Kier molecular flexibility index (Phi) is 7.01. The van der Waals surface area contributed by atoms with Crippen LogP contribution in [0, 0.1) is 5.82 Å². The first-order valence-corrected chi connectivity index (χ1v) is 12.9. The number of allylic oxidation sites excluding steroid dienone is 1. The van der Waals surface area contributed by atoms with Crippen molar-refractivity contribution in [1.82, 2.24) is 24.6 Å². The lowest BCUT2D eigenvalue weighted by molar-refractivity contribution is -0.114. The van der Waals surface area contributed by atoms with Gasteiger partial charge in [-0.2, -0.15) is 5.10 Å². The first-order valence-electron chi connectivity index (χ1n) is 12.0. The van der Waals surface area contributed by atoms with E-state index in [0.717, 1.165) is 11.3 Å². The zero-order chi connectivity index (χ0) is 26.8. The summed E-state index contributed by atoms with van der Waals surface area (Å²) < 4.78 is 15.2. The van der Waals surface area contributed by atoms with E-state index in [1.807, 2.05) is 6.92 Å². The minimum Gasteiger partial charge on any atom is -0.357 e.